The lowest BCUT2D eigenvalue weighted by Crippen LogP contribution is -2.52. The average molecular weight is 383 g/mol. The molecule has 0 saturated carbocycles. The second-order valence-corrected chi connectivity index (χ2v) is 8.93. The van der Waals surface area contributed by atoms with E-state index in [4.69, 9.17) is 0 Å². The molecule has 0 N–H and O–H groups in total. The fourth-order valence-electron chi connectivity index (χ4n) is 4.41. The molecule has 2 aliphatic rings. The van der Waals surface area contributed by atoms with Crippen LogP contribution in [0.4, 0.5) is 4.79 Å². The second-order valence-electron chi connectivity index (χ2n) is 8.93. The van der Waals surface area contributed by atoms with E-state index >= 15 is 0 Å². The van der Waals surface area contributed by atoms with E-state index in [2.05, 4.69) is 33.8 Å². The zero-order valence-electron chi connectivity index (χ0n) is 17.7. The third kappa shape index (κ3) is 2.88. The van der Waals surface area contributed by atoms with Crippen molar-refractivity contribution in [2.45, 2.75) is 46.6 Å². The van der Waals surface area contributed by atoms with Crippen molar-refractivity contribution in [3.05, 3.63) is 47.5 Å². The molecule has 1 fully saturated rings. The lowest BCUT2D eigenvalue weighted by atomic mass is 9.60. The van der Waals surface area contributed by atoms with Crippen LogP contribution >= 0.6 is 0 Å². The minimum absolute atomic E-state index is 0.0184. The molecule has 0 aromatic heterocycles. The number of Topliss-reactive ketones (excluding diaryl/α,β-unsaturated/α-hetero) is 1. The molecule has 150 valence electrons. The maximum atomic E-state index is 13.4. The summed E-state index contributed by atoms with van der Waals surface area (Å²) in [5.74, 6) is 0.0839. The normalized spacial score (nSPS) is 29.9. The summed E-state index contributed by atoms with van der Waals surface area (Å²) >= 11 is 0. The molecule has 1 heterocycles. The number of hydrogen-bond donors (Lipinski definition) is 0. The van der Waals surface area contributed by atoms with Crippen molar-refractivity contribution in [3.63, 3.8) is 0 Å². The fraction of sp³-hybridized carbons (Fsp3) is 0.522. The van der Waals surface area contributed by atoms with Crippen LogP contribution in [-0.4, -0.2) is 46.7 Å². The summed E-state index contributed by atoms with van der Waals surface area (Å²) in [6, 6.07) is 8.36. The molecule has 1 aliphatic heterocycles. The highest BCUT2D eigenvalue weighted by Gasteiger charge is 2.57. The number of likely N-dealkylation sites (N-methyl/N-ethyl adjacent to an activating group) is 1. The topological polar surface area (TPSA) is 57.7 Å². The molecule has 5 heteroatoms. The average Bonchev–Trinajstić information content (AvgIpc) is 2.83. The number of ketones is 1. The highest BCUT2D eigenvalue weighted by atomic mass is 16.2. The zero-order chi connectivity index (χ0) is 20.9. The van der Waals surface area contributed by atoms with Crippen LogP contribution in [-0.2, 0) is 4.79 Å². The summed E-state index contributed by atoms with van der Waals surface area (Å²) in [7, 11) is 1.66. The summed E-state index contributed by atoms with van der Waals surface area (Å²) in [5, 5.41) is 0. The van der Waals surface area contributed by atoms with Crippen LogP contribution in [0.25, 0.3) is 0 Å². The van der Waals surface area contributed by atoms with Gasteiger partial charge in [0.05, 0.1) is 6.54 Å². The van der Waals surface area contributed by atoms with Gasteiger partial charge in [-0.3, -0.25) is 14.5 Å². The van der Waals surface area contributed by atoms with Gasteiger partial charge in [0.2, 0.25) is 0 Å². The second kappa shape index (κ2) is 6.87. The third-order valence-electron chi connectivity index (χ3n) is 7.35. The SMILES string of the molecule is C[C@@H]1CC=C(C2(C)C(=O)N(CC(=O)c3ccccc3)C(=O)N2C)[C@H](C)C1(C)C. The smallest absolute Gasteiger partial charge is 0.309 e. The molecule has 1 aromatic rings. The Morgan fingerprint density at radius 1 is 1.11 bits per heavy atom. The van der Waals surface area contributed by atoms with Gasteiger partial charge in [-0.05, 0) is 36.2 Å². The molecule has 3 atom stereocenters. The molecular weight excluding hydrogens is 352 g/mol. The summed E-state index contributed by atoms with van der Waals surface area (Å²) in [6.07, 6.45) is 3.01. The van der Waals surface area contributed by atoms with Crippen molar-refractivity contribution >= 4 is 17.7 Å². The Labute approximate surface area is 167 Å². The van der Waals surface area contributed by atoms with E-state index in [1.165, 1.54) is 4.90 Å². The van der Waals surface area contributed by atoms with Gasteiger partial charge in [0.25, 0.3) is 5.91 Å². The molecule has 28 heavy (non-hydrogen) atoms. The quantitative estimate of drug-likeness (QED) is 0.446. The molecule has 1 aliphatic carbocycles. The standard InChI is InChI=1S/C23H30N2O3/c1-15-12-13-18(16(2)22(15,3)4)23(5)20(27)25(21(28)24(23)6)14-19(26)17-10-8-7-9-11-17/h7-11,13,15-16H,12,14H2,1-6H3/t15-,16+,23?/m1/s1. The lowest BCUT2D eigenvalue weighted by Gasteiger charge is -2.47. The van der Waals surface area contributed by atoms with Crippen LogP contribution in [0.15, 0.2) is 42.0 Å². The van der Waals surface area contributed by atoms with Gasteiger partial charge in [0.1, 0.15) is 5.54 Å². The predicted octanol–water partition coefficient (Wildman–Crippen LogP) is 4.15. The first-order chi connectivity index (χ1) is 13.0. The number of nitrogens with zero attached hydrogens (tertiary/aromatic N) is 2. The Balaban J connectivity index is 1.92. The van der Waals surface area contributed by atoms with Gasteiger partial charge >= 0.3 is 6.03 Å². The van der Waals surface area contributed by atoms with Crippen LogP contribution in [0, 0.1) is 17.3 Å². The Hall–Kier alpha value is -2.43. The molecule has 1 unspecified atom stereocenters. The first-order valence-corrected chi connectivity index (χ1v) is 9.91. The monoisotopic (exact) mass is 382 g/mol. The first kappa shape index (κ1) is 20.3. The number of allylic oxidation sites excluding steroid dienone is 1. The van der Waals surface area contributed by atoms with Crippen LogP contribution < -0.4 is 0 Å². The summed E-state index contributed by atoms with van der Waals surface area (Å²) in [6.45, 7) is 10.4. The van der Waals surface area contributed by atoms with Crippen molar-refractivity contribution < 1.29 is 14.4 Å². The van der Waals surface area contributed by atoms with E-state index in [9.17, 15) is 14.4 Å². The zero-order valence-corrected chi connectivity index (χ0v) is 17.7. The molecule has 0 radical (unpaired) electrons. The molecule has 0 spiro atoms. The number of carbonyl (C=O) groups excluding carboxylic acids is 3. The molecule has 1 aromatic carbocycles. The highest BCUT2D eigenvalue weighted by molar-refractivity contribution is 6.12. The number of benzene rings is 1. The Bertz CT molecular complexity index is 843. The van der Waals surface area contributed by atoms with E-state index in [-0.39, 0.29) is 29.6 Å². The number of rotatable bonds is 4. The molecule has 1 saturated heterocycles. The van der Waals surface area contributed by atoms with Gasteiger partial charge in [-0.15, -0.1) is 0 Å². The summed E-state index contributed by atoms with van der Waals surface area (Å²) in [5.41, 5.74) is 0.445. The van der Waals surface area contributed by atoms with Gasteiger partial charge in [0, 0.05) is 12.6 Å². The van der Waals surface area contributed by atoms with E-state index in [1.54, 1.807) is 31.3 Å². The Kier molecular flexibility index (Phi) is 4.98. The number of urea groups is 1. The molecule has 3 rings (SSSR count). The van der Waals surface area contributed by atoms with Crippen LogP contribution in [0.3, 0.4) is 0 Å². The van der Waals surface area contributed by atoms with Crippen molar-refractivity contribution in [2.24, 2.45) is 17.3 Å². The lowest BCUT2D eigenvalue weighted by molar-refractivity contribution is -0.131. The largest absolute Gasteiger partial charge is 0.328 e. The van der Waals surface area contributed by atoms with Crippen LogP contribution in [0.5, 0.6) is 0 Å². The number of amides is 3. The third-order valence-corrected chi connectivity index (χ3v) is 7.35. The van der Waals surface area contributed by atoms with E-state index < -0.39 is 11.6 Å². The van der Waals surface area contributed by atoms with Crippen molar-refractivity contribution in [2.75, 3.05) is 13.6 Å². The molecule has 3 amide bonds. The number of imide groups is 1. The number of carbonyl (C=O) groups is 3. The van der Waals surface area contributed by atoms with Gasteiger partial charge < -0.3 is 4.90 Å². The van der Waals surface area contributed by atoms with Crippen molar-refractivity contribution in [1.82, 2.24) is 9.80 Å². The number of hydrogen-bond acceptors (Lipinski definition) is 3. The molecule has 0 bridgehead atoms. The van der Waals surface area contributed by atoms with Gasteiger partial charge in [-0.1, -0.05) is 64.1 Å². The first-order valence-electron chi connectivity index (χ1n) is 9.91. The summed E-state index contributed by atoms with van der Waals surface area (Å²) in [4.78, 5) is 41.6. The summed E-state index contributed by atoms with van der Waals surface area (Å²) < 4.78 is 0. The van der Waals surface area contributed by atoms with Crippen LogP contribution in [0.1, 0.15) is 51.4 Å². The molecular formula is C23H30N2O3. The van der Waals surface area contributed by atoms with Gasteiger partial charge in [-0.25, -0.2) is 4.79 Å². The fourth-order valence-corrected chi connectivity index (χ4v) is 4.41. The molecule has 5 nitrogen and oxygen atoms in total. The highest BCUT2D eigenvalue weighted by Crippen LogP contribution is 2.50. The van der Waals surface area contributed by atoms with Gasteiger partial charge in [0.15, 0.2) is 5.78 Å². The minimum Gasteiger partial charge on any atom is -0.309 e. The van der Waals surface area contributed by atoms with E-state index in [0.717, 1.165) is 16.9 Å². The minimum atomic E-state index is -1.05. The van der Waals surface area contributed by atoms with Gasteiger partial charge in [-0.2, -0.15) is 0 Å². The van der Waals surface area contributed by atoms with Crippen LogP contribution in [0.2, 0.25) is 0 Å². The maximum Gasteiger partial charge on any atom is 0.328 e. The van der Waals surface area contributed by atoms with E-state index in [1.807, 2.05) is 13.0 Å². The van der Waals surface area contributed by atoms with E-state index in [0.29, 0.717) is 11.5 Å². The Morgan fingerprint density at radius 2 is 1.71 bits per heavy atom. The predicted molar refractivity (Wildman–Crippen MR) is 109 cm³/mol. The maximum absolute atomic E-state index is 13.4. The Morgan fingerprint density at radius 3 is 2.32 bits per heavy atom. The van der Waals surface area contributed by atoms with Crippen molar-refractivity contribution in [1.29, 1.82) is 0 Å². The van der Waals surface area contributed by atoms with Crippen molar-refractivity contribution in [3.8, 4) is 0 Å².